The van der Waals surface area contributed by atoms with E-state index in [2.05, 4.69) is 21.7 Å². The van der Waals surface area contributed by atoms with E-state index in [0.29, 0.717) is 12.5 Å². The van der Waals surface area contributed by atoms with E-state index in [1.54, 1.807) is 11.3 Å². The molecule has 3 aliphatic rings. The van der Waals surface area contributed by atoms with Crippen molar-refractivity contribution in [3.63, 3.8) is 0 Å². The van der Waals surface area contributed by atoms with Crippen molar-refractivity contribution in [3.05, 3.63) is 22.4 Å². The van der Waals surface area contributed by atoms with Crippen LogP contribution in [0.1, 0.15) is 24.1 Å². The minimum Gasteiger partial charge on any atom is -0.352 e. The second-order valence-electron chi connectivity index (χ2n) is 5.39. The summed E-state index contributed by atoms with van der Waals surface area (Å²) in [5, 5.41) is 5.31. The molecule has 2 bridgehead atoms. The Hall–Kier alpha value is -0.870. The molecule has 0 aromatic carbocycles. The largest absolute Gasteiger partial charge is 0.352 e. The summed E-state index contributed by atoms with van der Waals surface area (Å²) in [6.07, 6.45) is 4.03. The molecule has 1 unspecified atom stereocenters. The molecule has 4 heteroatoms. The summed E-state index contributed by atoms with van der Waals surface area (Å²) in [5.74, 6) is 0.947. The number of nitrogens with one attached hydrogen (secondary N) is 1. The molecule has 18 heavy (non-hydrogen) atoms. The Morgan fingerprint density at radius 2 is 2.28 bits per heavy atom. The molecule has 4 heterocycles. The van der Waals surface area contributed by atoms with E-state index in [9.17, 15) is 4.79 Å². The summed E-state index contributed by atoms with van der Waals surface area (Å²) in [4.78, 5) is 15.7. The van der Waals surface area contributed by atoms with Gasteiger partial charge >= 0.3 is 0 Å². The summed E-state index contributed by atoms with van der Waals surface area (Å²) < 4.78 is 0. The second-order valence-corrected chi connectivity index (χ2v) is 6.42. The van der Waals surface area contributed by atoms with E-state index in [1.165, 1.54) is 30.8 Å². The van der Waals surface area contributed by atoms with Crippen LogP contribution in [0.4, 0.5) is 0 Å². The smallest absolute Gasteiger partial charge is 0.220 e. The lowest BCUT2D eigenvalue weighted by Crippen LogP contribution is -2.57. The van der Waals surface area contributed by atoms with E-state index in [1.807, 2.05) is 6.07 Å². The van der Waals surface area contributed by atoms with Gasteiger partial charge in [-0.2, -0.15) is 0 Å². The average molecular weight is 264 g/mol. The van der Waals surface area contributed by atoms with Crippen LogP contribution in [0.25, 0.3) is 0 Å². The fourth-order valence-corrected chi connectivity index (χ4v) is 3.81. The average Bonchev–Trinajstić information content (AvgIpc) is 2.91. The second kappa shape index (κ2) is 5.41. The molecule has 0 spiro atoms. The van der Waals surface area contributed by atoms with Gasteiger partial charge in [-0.25, -0.2) is 0 Å². The number of fused-ring (bicyclic) bond motifs is 3. The van der Waals surface area contributed by atoms with E-state index >= 15 is 0 Å². The minimum atomic E-state index is 0.224. The van der Waals surface area contributed by atoms with Crippen molar-refractivity contribution in [1.29, 1.82) is 0 Å². The van der Waals surface area contributed by atoms with Crippen molar-refractivity contribution in [1.82, 2.24) is 10.2 Å². The fourth-order valence-electron chi connectivity index (χ4n) is 3.10. The first-order valence-electron chi connectivity index (χ1n) is 6.85. The third kappa shape index (κ3) is 2.75. The SMILES string of the molecule is O=C(CCc1cccs1)NC1CN2CCC1CC2. The van der Waals surface area contributed by atoms with Crippen molar-refractivity contribution >= 4 is 17.2 Å². The van der Waals surface area contributed by atoms with Crippen molar-refractivity contribution < 1.29 is 4.79 Å². The van der Waals surface area contributed by atoms with Gasteiger partial charge in [0.25, 0.3) is 0 Å². The van der Waals surface area contributed by atoms with Crippen LogP contribution >= 0.6 is 11.3 Å². The minimum absolute atomic E-state index is 0.224. The molecule has 3 nitrogen and oxygen atoms in total. The van der Waals surface area contributed by atoms with E-state index in [4.69, 9.17) is 0 Å². The molecule has 3 fully saturated rings. The Kier molecular flexibility index (Phi) is 3.66. The van der Waals surface area contributed by atoms with Crippen molar-refractivity contribution in [2.24, 2.45) is 5.92 Å². The lowest BCUT2D eigenvalue weighted by molar-refractivity contribution is -0.123. The van der Waals surface area contributed by atoms with Crippen LogP contribution in [0.3, 0.4) is 0 Å². The van der Waals surface area contributed by atoms with Crippen LogP contribution < -0.4 is 5.32 Å². The summed E-state index contributed by atoms with van der Waals surface area (Å²) >= 11 is 1.73. The lowest BCUT2D eigenvalue weighted by Gasteiger charge is -2.44. The van der Waals surface area contributed by atoms with Gasteiger partial charge in [-0.15, -0.1) is 11.3 Å². The molecule has 98 valence electrons. The highest BCUT2D eigenvalue weighted by Crippen LogP contribution is 2.27. The van der Waals surface area contributed by atoms with Crippen LogP contribution in [0.15, 0.2) is 17.5 Å². The zero-order chi connectivity index (χ0) is 12.4. The summed E-state index contributed by atoms with van der Waals surface area (Å²) in [6, 6.07) is 4.56. The Morgan fingerprint density at radius 3 is 2.89 bits per heavy atom. The molecule has 1 aromatic heterocycles. The zero-order valence-corrected chi connectivity index (χ0v) is 11.4. The highest BCUT2D eigenvalue weighted by Gasteiger charge is 2.34. The Bertz CT molecular complexity index is 396. The zero-order valence-electron chi connectivity index (χ0n) is 10.6. The first kappa shape index (κ1) is 12.2. The summed E-state index contributed by atoms with van der Waals surface area (Å²) in [7, 11) is 0. The normalized spacial score (nSPS) is 30.3. The van der Waals surface area contributed by atoms with Gasteiger partial charge in [0.05, 0.1) is 0 Å². The molecular formula is C14H20N2OS. The number of nitrogens with zero attached hydrogens (tertiary/aromatic N) is 1. The van der Waals surface area contributed by atoms with Gasteiger partial charge in [0, 0.05) is 23.9 Å². The van der Waals surface area contributed by atoms with Crippen LogP contribution in [-0.2, 0) is 11.2 Å². The number of amides is 1. The van der Waals surface area contributed by atoms with Crippen molar-refractivity contribution in [2.45, 2.75) is 31.7 Å². The van der Waals surface area contributed by atoms with Crippen LogP contribution in [0, 0.1) is 5.92 Å². The molecule has 1 N–H and O–H groups in total. The Labute approximate surface area is 112 Å². The van der Waals surface area contributed by atoms with Crippen molar-refractivity contribution in [2.75, 3.05) is 19.6 Å². The van der Waals surface area contributed by atoms with E-state index in [-0.39, 0.29) is 5.91 Å². The van der Waals surface area contributed by atoms with Gasteiger partial charge < -0.3 is 10.2 Å². The lowest BCUT2D eigenvalue weighted by atomic mass is 9.84. The molecule has 1 aromatic rings. The Morgan fingerprint density at radius 1 is 1.44 bits per heavy atom. The number of hydrogen-bond donors (Lipinski definition) is 1. The maximum absolute atomic E-state index is 12.0. The number of rotatable bonds is 4. The standard InChI is InChI=1S/C14H20N2OS/c17-14(4-3-12-2-1-9-18-12)15-13-10-16-7-5-11(13)6-8-16/h1-2,9,11,13H,3-8,10H2,(H,15,17). The number of aryl methyl sites for hydroxylation is 1. The fraction of sp³-hybridized carbons (Fsp3) is 0.643. The number of carbonyl (C=O) groups excluding carboxylic acids is 1. The third-order valence-electron chi connectivity index (χ3n) is 4.18. The molecule has 1 amide bonds. The van der Waals surface area contributed by atoms with Crippen LogP contribution in [0.2, 0.25) is 0 Å². The third-order valence-corrected chi connectivity index (χ3v) is 5.12. The predicted molar refractivity (Wildman–Crippen MR) is 73.7 cm³/mol. The van der Waals surface area contributed by atoms with E-state index in [0.717, 1.165) is 18.9 Å². The molecule has 1 atom stereocenters. The topological polar surface area (TPSA) is 32.3 Å². The quantitative estimate of drug-likeness (QED) is 0.900. The van der Waals surface area contributed by atoms with Gasteiger partial charge in [-0.1, -0.05) is 6.07 Å². The monoisotopic (exact) mass is 264 g/mol. The van der Waals surface area contributed by atoms with Crippen LogP contribution in [-0.4, -0.2) is 36.5 Å². The molecule has 3 aliphatic heterocycles. The highest BCUT2D eigenvalue weighted by atomic mass is 32.1. The molecule has 3 saturated heterocycles. The number of piperidine rings is 3. The maximum Gasteiger partial charge on any atom is 0.220 e. The van der Waals surface area contributed by atoms with Gasteiger partial charge in [0.2, 0.25) is 5.91 Å². The predicted octanol–water partition coefficient (Wildman–Crippen LogP) is 1.89. The van der Waals surface area contributed by atoms with Gasteiger partial charge in [-0.05, 0) is 49.7 Å². The van der Waals surface area contributed by atoms with Gasteiger partial charge in [0.15, 0.2) is 0 Å². The number of hydrogen-bond acceptors (Lipinski definition) is 3. The number of thiophene rings is 1. The Balaban J connectivity index is 1.46. The van der Waals surface area contributed by atoms with Gasteiger partial charge in [-0.3, -0.25) is 4.79 Å². The van der Waals surface area contributed by atoms with Crippen molar-refractivity contribution in [3.8, 4) is 0 Å². The molecular weight excluding hydrogens is 244 g/mol. The van der Waals surface area contributed by atoms with Crippen LogP contribution in [0.5, 0.6) is 0 Å². The first-order valence-corrected chi connectivity index (χ1v) is 7.73. The van der Waals surface area contributed by atoms with Gasteiger partial charge in [0.1, 0.15) is 0 Å². The first-order chi connectivity index (χ1) is 8.81. The number of carbonyl (C=O) groups is 1. The molecule has 0 saturated carbocycles. The summed E-state index contributed by atoms with van der Waals surface area (Å²) in [6.45, 7) is 3.52. The maximum atomic E-state index is 12.0. The summed E-state index contributed by atoms with van der Waals surface area (Å²) in [5.41, 5.74) is 0. The molecule has 0 radical (unpaired) electrons. The van der Waals surface area contributed by atoms with E-state index < -0.39 is 0 Å². The molecule has 0 aliphatic carbocycles. The molecule has 4 rings (SSSR count). The highest BCUT2D eigenvalue weighted by molar-refractivity contribution is 7.09.